The Hall–Kier alpha value is -1.62. The fourth-order valence-corrected chi connectivity index (χ4v) is 6.13. The second-order valence-corrected chi connectivity index (χ2v) is 10.2. The molecule has 4 heterocycles. The minimum Gasteiger partial charge on any atom is -0.379 e. The van der Waals surface area contributed by atoms with Crippen molar-refractivity contribution in [2.75, 3.05) is 52.5 Å². The van der Waals surface area contributed by atoms with E-state index in [-0.39, 0.29) is 11.8 Å². The van der Waals surface area contributed by atoms with Crippen LogP contribution in [0.3, 0.4) is 0 Å². The number of nitrogens with zero attached hydrogens (tertiary/aromatic N) is 5. The normalized spacial score (nSPS) is 24.7. The summed E-state index contributed by atoms with van der Waals surface area (Å²) in [6, 6.07) is 0. The van der Waals surface area contributed by atoms with Gasteiger partial charge in [0, 0.05) is 51.4 Å². The molecule has 0 aliphatic carbocycles. The molecule has 0 bridgehead atoms. The summed E-state index contributed by atoms with van der Waals surface area (Å²) in [5.41, 5.74) is 1.22. The molecule has 3 aliphatic rings. The Morgan fingerprint density at radius 1 is 1.03 bits per heavy atom. The number of morpholine rings is 1. The highest BCUT2D eigenvalue weighted by atomic mass is 32.2. The predicted molar refractivity (Wildman–Crippen MR) is 111 cm³/mol. The summed E-state index contributed by atoms with van der Waals surface area (Å²) in [4.78, 5) is 23.8. The molecule has 3 fully saturated rings. The van der Waals surface area contributed by atoms with E-state index in [1.807, 2.05) is 11.8 Å². The number of piperidine rings is 2. The van der Waals surface area contributed by atoms with Gasteiger partial charge < -0.3 is 9.64 Å². The van der Waals surface area contributed by atoms with Crippen LogP contribution in [0.15, 0.2) is 6.20 Å². The van der Waals surface area contributed by atoms with Crippen LogP contribution in [0.5, 0.6) is 0 Å². The SMILES string of the molecule is Cc1nc(C2CCCN(S(=O)(=O)N3CCOCC3)C2)ncc1C(=O)N1CCCCC1. The topological polar surface area (TPSA) is 95.9 Å². The smallest absolute Gasteiger partial charge is 0.282 e. The van der Waals surface area contributed by atoms with Crippen molar-refractivity contribution in [1.82, 2.24) is 23.5 Å². The van der Waals surface area contributed by atoms with Crippen molar-refractivity contribution in [3.63, 3.8) is 0 Å². The zero-order valence-corrected chi connectivity index (χ0v) is 18.4. The van der Waals surface area contributed by atoms with Gasteiger partial charge in [-0.25, -0.2) is 9.97 Å². The van der Waals surface area contributed by atoms with Crippen molar-refractivity contribution < 1.29 is 17.9 Å². The third kappa shape index (κ3) is 4.51. The van der Waals surface area contributed by atoms with E-state index in [1.54, 1.807) is 10.5 Å². The molecule has 0 aromatic carbocycles. The fourth-order valence-electron chi connectivity index (χ4n) is 4.46. The highest BCUT2D eigenvalue weighted by Gasteiger charge is 2.36. The van der Waals surface area contributed by atoms with Crippen LogP contribution < -0.4 is 0 Å². The van der Waals surface area contributed by atoms with E-state index in [1.165, 1.54) is 10.7 Å². The second-order valence-electron chi connectivity index (χ2n) is 8.30. The van der Waals surface area contributed by atoms with E-state index in [9.17, 15) is 13.2 Å². The molecule has 3 aliphatic heterocycles. The average Bonchev–Trinajstić information content (AvgIpc) is 2.80. The molecule has 166 valence electrons. The number of aryl methyl sites for hydroxylation is 1. The van der Waals surface area contributed by atoms with Gasteiger partial charge in [-0.3, -0.25) is 4.79 Å². The Kier molecular flexibility index (Phi) is 6.66. The number of amides is 1. The maximum atomic E-state index is 13.0. The first-order valence-electron chi connectivity index (χ1n) is 10.9. The molecule has 4 rings (SSSR count). The number of likely N-dealkylation sites (tertiary alicyclic amines) is 1. The zero-order chi connectivity index (χ0) is 21.1. The van der Waals surface area contributed by atoms with Crippen molar-refractivity contribution in [3.05, 3.63) is 23.3 Å². The summed E-state index contributed by atoms with van der Waals surface area (Å²) in [5.74, 6) is 0.566. The second kappa shape index (κ2) is 9.25. The molecule has 1 aromatic rings. The lowest BCUT2D eigenvalue weighted by molar-refractivity contribution is 0.0695. The maximum absolute atomic E-state index is 13.0. The Bertz CT molecular complexity index is 866. The summed E-state index contributed by atoms with van der Waals surface area (Å²) in [6.07, 6.45) is 6.49. The van der Waals surface area contributed by atoms with Gasteiger partial charge in [0.15, 0.2) is 0 Å². The zero-order valence-electron chi connectivity index (χ0n) is 17.6. The molecule has 1 unspecified atom stereocenters. The molecular formula is C20H31N5O4S. The summed E-state index contributed by atoms with van der Waals surface area (Å²) in [5, 5.41) is 0. The Labute approximate surface area is 178 Å². The van der Waals surface area contributed by atoms with Crippen molar-refractivity contribution in [1.29, 1.82) is 0 Å². The van der Waals surface area contributed by atoms with Gasteiger partial charge in [-0.05, 0) is 39.0 Å². The number of carbonyl (C=O) groups excluding carboxylic acids is 1. The average molecular weight is 438 g/mol. The van der Waals surface area contributed by atoms with Crippen LogP contribution >= 0.6 is 0 Å². The van der Waals surface area contributed by atoms with Crippen LogP contribution in [0.25, 0.3) is 0 Å². The lowest BCUT2D eigenvalue weighted by Gasteiger charge is -2.36. The van der Waals surface area contributed by atoms with Crippen molar-refractivity contribution in [3.8, 4) is 0 Å². The molecule has 0 spiro atoms. The lowest BCUT2D eigenvalue weighted by atomic mass is 9.98. The summed E-state index contributed by atoms with van der Waals surface area (Å²) in [6.45, 7) is 5.97. The summed E-state index contributed by atoms with van der Waals surface area (Å²) < 4.78 is 34.4. The molecule has 0 radical (unpaired) electrons. The van der Waals surface area contributed by atoms with Gasteiger partial charge in [0.2, 0.25) is 0 Å². The molecule has 1 atom stereocenters. The first kappa shape index (κ1) is 21.6. The van der Waals surface area contributed by atoms with Gasteiger partial charge in [-0.1, -0.05) is 0 Å². The predicted octanol–water partition coefficient (Wildman–Crippen LogP) is 1.17. The van der Waals surface area contributed by atoms with E-state index in [4.69, 9.17) is 4.74 Å². The molecule has 0 N–H and O–H groups in total. The fraction of sp³-hybridized carbons (Fsp3) is 0.750. The number of rotatable bonds is 4. The first-order chi connectivity index (χ1) is 14.5. The highest BCUT2D eigenvalue weighted by molar-refractivity contribution is 7.86. The van der Waals surface area contributed by atoms with Crippen molar-refractivity contribution in [2.24, 2.45) is 0 Å². The molecule has 0 saturated carbocycles. The number of hydrogen-bond donors (Lipinski definition) is 0. The third-order valence-electron chi connectivity index (χ3n) is 6.24. The standard InChI is InChI=1S/C20H31N5O4S/c1-16-18(20(26)23-7-3-2-4-8-23)14-21-19(22-16)17-6-5-9-25(15-17)30(27,28)24-10-12-29-13-11-24/h14,17H,2-13,15H2,1H3. The van der Waals surface area contributed by atoms with E-state index in [0.717, 1.165) is 38.8 Å². The van der Waals surface area contributed by atoms with Gasteiger partial charge in [0.1, 0.15) is 5.82 Å². The number of aromatic nitrogens is 2. The van der Waals surface area contributed by atoms with Gasteiger partial charge in [0.05, 0.1) is 24.5 Å². The molecular weight excluding hydrogens is 406 g/mol. The van der Waals surface area contributed by atoms with Gasteiger partial charge in [0.25, 0.3) is 16.1 Å². The Balaban J connectivity index is 1.47. The van der Waals surface area contributed by atoms with Crippen LogP contribution in [0.1, 0.15) is 59.9 Å². The first-order valence-corrected chi connectivity index (χ1v) is 12.3. The number of carbonyl (C=O) groups is 1. The monoisotopic (exact) mass is 437 g/mol. The molecule has 3 saturated heterocycles. The molecule has 9 nitrogen and oxygen atoms in total. The largest absolute Gasteiger partial charge is 0.379 e. The molecule has 10 heteroatoms. The van der Waals surface area contributed by atoms with Crippen LogP contribution in [-0.4, -0.2) is 90.3 Å². The number of hydrogen-bond acceptors (Lipinski definition) is 6. The third-order valence-corrected chi connectivity index (χ3v) is 8.25. The highest BCUT2D eigenvalue weighted by Crippen LogP contribution is 2.28. The minimum atomic E-state index is -3.50. The maximum Gasteiger partial charge on any atom is 0.282 e. The van der Waals surface area contributed by atoms with Gasteiger partial charge >= 0.3 is 0 Å². The minimum absolute atomic E-state index is 0.00100. The van der Waals surface area contributed by atoms with Crippen molar-refractivity contribution >= 4 is 16.1 Å². The summed E-state index contributed by atoms with van der Waals surface area (Å²) >= 11 is 0. The molecule has 1 amide bonds. The van der Waals surface area contributed by atoms with E-state index >= 15 is 0 Å². The van der Waals surface area contributed by atoms with Gasteiger partial charge in [-0.2, -0.15) is 17.0 Å². The van der Waals surface area contributed by atoms with Crippen molar-refractivity contribution in [2.45, 2.75) is 44.9 Å². The quantitative estimate of drug-likeness (QED) is 0.702. The van der Waals surface area contributed by atoms with Crippen LogP contribution in [-0.2, 0) is 14.9 Å². The van der Waals surface area contributed by atoms with Crippen LogP contribution in [0, 0.1) is 6.92 Å². The van der Waals surface area contributed by atoms with Crippen LogP contribution in [0.4, 0.5) is 0 Å². The van der Waals surface area contributed by atoms with Gasteiger partial charge in [-0.15, -0.1) is 0 Å². The molecule has 1 aromatic heterocycles. The Morgan fingerprint density at radius 2 is 1.77 bits per heavy atom. The van der Waals surface area contributed by atoms with Crippen LogP contribution in [0.2, 0.25) is 0 Å². The van der Waals surface area contributed by atoms with E-state index in [0.29, 0.717) is 56.5 Å². The number of ether oxygens (including phenoxy) is 1. The lowest BCUT2D eigenvalue weighted by Crippen LogP contribution is -2.51. The van der Waals surface area contributed by atoms with E-state index < -0.39 is 10.2 Å². The van der Waals surface area contributed by atoms with E-state index in [2.05, 4.69) is 9.97 Å². The summed E-state index contributed by atoms with van der Waals surface area (Å²) in [7, 11) is -3.50. The molecule has 30 heavy (non-hydrogen) atoms. The Morgan fingerprint density at radius 3 is 2.47 bits per heavy atom.